The summed E-state index contributed by atoms with van der Waals surface area (Å²) in [4.78, 5) is 11.6. The molecule has 0 bridgehead atoms. The molecule has 5 N–H and O–H groups in total. The zero-order chi connectivity index (χ0) is 14.3. The van der Waals surface area contributed by atoms with Gasteiger partial charge in [-0.1, -0.05) is 30.3 Å². The molecule has 1 aromatic rings. The number of nitrogens with two attached hydrogens (primary N) is 2. The normalized spacial score (nSPS) is 12.9. The van der Waals surface area contributed by atoms with E-state index in [1.807, 2.05) is 30.3 Å². The predicted molar refractivity (Wildman–Crippen MR) is 73.6 cm³/mol. The fourth-order valence-electron chi connectivity index (χ4n) is 1.59. The third-order valence-electron chi connectivity index (χ3n) is 2.56. The number of hydrogen-bond acceptors (Lipinski definition) is 4. The van der Waals surface area contributed by atoms with Gasteiger partial charge in [0.25, 0.3) is 0 Å². The Morgan fingerprint density at radius 3 is 2.47 bits per heavy atom. The van der Waals surface area contributed by atoms with Gasteiger partial charge < -0.3 is 11.1 Å². The molecule has 0 saturated carbocycles. The molecule has 1 rings (SSSR count). The van der Waals surface area contributed by atoms with E-state index in [1.165, 1.54) is 0 Å². The highest BCUT2D eigenvalue weighted by molar-refractivity contribution is 7.89. The van der Waals surface area contributed by atoms with Gasteiger partial charge in [0.1, 0.15) is 0 Å². The van der Waals surface area contributed by atoms with Crippen molar-refractivity contribution in [1.29, 1.82) is 0 Å². The van der Waals surface area contributed by atoms with Crippen molar-refractivity contribution >= 4 is 15.9 Å². The molecule has 106 valence electrons. The molecule has 1 aromatic carbocycles. The SMILES string of the molecule is NC(CC(=O)NCCCS(N)(=O)=O)c1ccccc1. The zero-order valence-electron chi connectivity index (χ0n) is 10.6. The smallest absolute Gasteiger partial charge is 0.221 e. The van der Waals surface area contributed by atoms with E-state index in [9.17, 15) is 13.2 Å². The second-order valence-corrected chi connectivity index (χ2v) is 6.03. The van der Waals surface area contributed by atoms with Gasteiger partial charge in [-0.2, -0.15) is 0 Å². The second kappa shape index (κ2) is 7.22. The van der Waals surface area contributed by atoms with Gasteiger partial charge in [0, 0.05) is 19.0 Å². The van der Waals surface area contributed by atoms with Gasteiger partial charge in [0.05, 0.1) is 5.75 Å². The first-order chi connectivity index (χ1) is 8.88. The van der Waals surface area contributed by atoms with E-state index in [0.29, 0.717) is 6.42 Å². The molecule has 0 fully saturated rings. The quantitative estimate of drug-likeness (QED) is 0.605. The summed E-state index contributed by atoms with van der Waals surface area (Å²) < 4.78 is 21.4. The summed E-state index contributed by atoms with van der Waals surface area (Å²) in [6, 6.07) is 8.96. The molecule has 1 atom stereocenters. The summed E-state index contributed by atoms with van der Waals surface area (Å²) >= 11 is 0. The summed E-state index contributed by atoms with van der Waals surface area (Å²) in [7, 11) is -3.46. The Labute approximate surface area is 113 Å². The molecule has 0 radical (unpaired) electrons. The van der Waals surface area contributed by atoms with Crippen LogP contribution in [0.15, 0.2) is 30.3 Å². The van der Waals surface area contributed by atoms with Crippen LogP contribution < -0.4 is 16.2 Å². The van der Waals surface area contributed by atoms with E-state index in [4.69, 9.17) is 10.9 Å². The predicted octanol–water partition coefficient (Wildman–Crippen LogP) is -0.129. The molecule has 0 heterocycles. The Morgan fingerprint density at radius 1 is 1.26 bits per heavy atom. The van der Waals surface area contributed by atoms with Gasteiger partial charge >= 0.3 is 0 Å². The Morgan fingerprint density at radius 2 is 1.89 bits per heavy atom. The van der Waals surface area contributed by atoms with Crippen LogP contribution in [0.1, 0.15) is 24.4 Å². The second-order valence-electron chi connectivity index (χ2n) is 4.29. The van der Waals surface area contributed by atoms with Gasteiger partial charge in [-0.15, -0.1) is 0 Å². The van der Waals surface area contributed by atoms with Gasteiger partial charge in [-0.25, -0.2) is 13.6 Å². The molecule has 1 unspecified atom stereocenters. The third kappa shape index (κ3) is 6.90. The summed E-state index contributed by atoms with van der Waals surface area (Å²) in [5, 5.41) is 7.47. The number of nitrogens with one attached hydrogen (secondary N) is 1. The van der Waals surface area contributed by atoms with Crippen LogP contribution in [0, 0.1) is 0 Å². The molecule has 6 nitrogen and oxygen atoms in total. The van der Waals surface area contributed by atoms with Crippen LogP contribution >= 0.6 is 0 Å². The summed E-state index contributed by atoms with van der Waals surface area (Å²) in [6.45, 7) is 0.275. The molecule has 0 aromatic heterocycles. The molecular weight excluding hydrogens is 266 g/mol. The Kier molecular flexibility index (Phi) is 5.94. The lowest BCUT2D eigenvalue weighted by atomic mass is 10.0. The lowest BCUT2D eigenvalue weighted by molar-refractivity contribution is -0.121. The highest BCUT2D eigenvalue weighted by atomic mass is 32.2. The lowest BCUT2D eigenvalue weighted by Crippen LogP contribution is -2.30. The molecule has 0 aliphatic heterocycles. The van der Waals surface area contributed by atoms with E-state index in [0.717, 1.165) is 5.56 Å². The lowest BCUT2D eigenvalue weighted by Gasteiger charge is -2.11. The minimum atomic E-state index is -3.46. The first kappa shape index (κ1) is 15.6. The van der Waals surface area contributed by atoms with Crippen LogP contribution in [0.25, 0.3) is 0 Å². The van der Waals surface area contributed by atoms with Crippen molar-refractivity contribution in [3.05, 3.63) is 35.9 Å². The highest BCUT2D eigenvalue weighted by Gasteiger charge is 2.11. The van der Waals surface area contributed by atoms with Gasteiger partial charge in [0.2, 0.25) is 15.9 Å². The van der Waals surface area contributed by atoms with Crippen LogP contribution in [0.3, 0.4) is 0 Å². The van der Waals surface area contributed by atoms with Crippen molar-refractivity contribution in [1.82, 2.24) is 5.32 Å². The van der Waals surface area contributed by atoms with E-state index < -0.39 is 10.0 Å². The number of carbonyl (C=O) groups excluding carboxylic acids is 1. The van der Waals surface area contributed by atoms with Crippen LogP contribution in [0.5, 0.6) is 0 Å². The molecular formula is C12H19N3O3S. The molecule has 19 heavy (non-hydrogen) atoms. The van der Waals surface area contributed by atoms with E-state index in [-0.39, 0.29) is 30.7 Å². The van der Waals surface area contributed by atoms with Crippen molar-refractivity contribution in [3.8, 4) is 0 Å². The maximum absolute atomic E-state index is 11.6. The van der Waals surface area contributed by atoms with E-state index >= 15 is 0 Å². The molecule has 0 spiro atoms. The number of hydrogen-bond donors (Lipinski definition) is 3. The average molecular weight is 285 g/mol. The van der Waals surface area contributed by atoms with E-state index in [1.54, 1.807) is 0 Å². The van der Waals surface area contributed by atoms with Gasteiger partial charge in [0.15, 0.2) is 0 Å². The number of benzene rings is 1. The number of sulfonamides is 1. The molecule has 0 aliphatic carbocycles. The maximum Gasteiger partial charge on any atom is 0.221 e. The topological polar surface area (TPSA) is 115 Å². The van der Waals surface area contributed by atoms with E-state index in [2.05, 4.69) is 5.32 Å². The number of carbonyl (C=O) groups is 1. The van der Waals surface area contributed by atoms with Gasteiger partial charge in [-0.3, -0.25) is 4.79 Å². The summed E-state index contributed by atoms with van der Waals surface area (Å²) in [5.41, 5.74) is 6.78. The summed E-state index contributed by atoms with van der Waals surface area (Å²) in [5.74, 6) is -0.344. The fraction of sp³-hybridized carbons (Fsp3) is 0.417. The molecule has 0 aliphatic rings. The minimum Gasteiger partial charge on any atom is -0.356 e. The fourth-order valence-corrected chi connectivity index (χ4v) is 2.14. The molecule has 0 saturated heterocycles. The minimum absolute atomic E-state index is 0.141. The van der Waals surface area contributed by atoms with Crippen molar-refractivity contribution < 1.29 is 13.2 Å². The standard InChI is InChI=1S/C12H19N3O3S/c13-11(10-5-2-1-3-6-10)9-12(16)15-7-4-8-19(14,17)18/h1-3,5-6,11H,4,7-9,13H2,(H,15,16)(H2,14,17,18). The first-order valence-electron chi connectivity index (χ1n) is 5.96. The number of amides is 1. The Bertz CT molecular complexity index is 502. The molecule has 7 heteroatoms. The van der Waals surface area contributed by atoms with Gasteiger partial charge in [-0.05, 0) is 12.0 Å². The summed E-state index contributed by atoms with van der Waals surface area (Å²) in [6.07, 6.45) is 0.463. The first-order valence-corrected chi connectivity index (χ1v) is 7.68. The average Bonchev–Trinajstić information content (AvgIpc) is 2.34. The monoisotopic (exact) mass is 285 g/mol. The van der Waals surface area contributed by atoms with Crippen molar-refractivity contribution in [2.45, 2.75) is 18.9 Å². The Hall–Kier alpha value is -1.44. The Balaban J connectivity index is 2.28. The number of rotatable bonds is 7. The number of primary sulfonamides is 1. The van der Waals surface area contributed by atoms with Crippen molar-refractivity contribution in [2.24, 2.45) is 10.9 Å². The zero-order valence-corrected chi connectivity index (χ0v) is 11.4. The van der Waals surface area contributed by atoms with Crippen LogP contribution in [-0.4, -0.2) is 26.6 Å². The van der Waals surface area contributed by atoms with Crippen molar-refractivity contribution in [2.75, 3.05) is 12.3 Å². The largest absolute Gasteiger partial charge is 0.356 e. The molecule has 1 amide bonds. The third-order valence-corrected chi connectivity index (χ3v) is 3.42. The van der Waals surface area contributed by atoms with Crippen LogP contribution in [0.2, 0.25) is 0 Å². The van der Waals surface area contributed by atoms with Crippen molar-refractivity contribution in [3.63, 3.8) is 0 Å². The van der Waals surface area contributed by atoms with Crippen LogP contribution in [0.4, 0.5) is 0 Å². The van der Waals surface area contributed by atoms with Crippen LogP contribution in [-0.2, 0) is 14.8 Å². The maximum atomic E-state index is 11.6. The highest BCUT2D eigenvalue weighted by Crippen LogP contribution is 2.12.